The molecule has 10 atom stereocenters. The fourth-order valence-corrected chi connectivity index (χ4v) is 5.00. The van der Waals surface area contributed by atoms with Crippen LogP contribution in [0.15, 0.2) is 39.5 Å². The van der Waals surface area contributed by atoms with Crippen LogP contribution in [0.2, 0.25) is 0 Å². The zero-order valence-electron chi connectivity index (χ0n) is 23.2. The van der Waals surface area contributed by atoms with Gasteiger partial charge in [-0.1, -0.05) is 0 Å². The van der Waals surface area contributed by atoms with Crippen molar-refractivity contribution in [3.63, 3.8) is 0 Å². The minimum absolute atomic E-state index is 0.240. The Bertz CT molecular complexity index is 1660. The van der Waals surface area contributed by atoms with Crippen LogP contribution in [0, 0.1) is 0 Å². The lowest BCUT2D eigenvalue weighted by atomic mass is 9.97. The van der Waals surface area contributed by atoms with E-state index in [9.17, 15) is 71.2 Å². The summed E-state index contributed by atoms with van der Waals surface area (Å²) in [5, 5.41) is 132. The molecule has 3 aromatic rings. The van der Waals surface area contributed by atoms with Crippen LogP contribution in [0.5, 0.6) is 28.7 Å². The van der Waals surface area contributed by atoms with Gasteiger partial charge in [0.2, 0.25) is 11.2 Å². The highest BCUT2D eigenvalue weighted by atomic mass is 16.8. The first kappa shape index (κ1) is 33.5. The van der Waals surface area contributed by atoms with Gasteiger partial charge in [0.25, 0.3) is 0 Å². The first-order chi connectivity index (χ1) is 21.5. The number of phenols is 3. The Morgan fingerprint density at radius 2 is 1.24 bits per heavy atom. The molecule has 0 radical (unpaired) electrons. The van der Waals surface area contributed by atoms with Gasteiger partial charge in [0.15, 0.2) is 29.5 Å². The van der Waals surface area contributed by atoms with E-state index in [2.05, 4.69) is 0 Å². The van der Waals surface area contributed by atoms with Crippen molar-refractivity contribution in [3.05, 3.63) is 40.6 Å². The molecule has 0 saturated carbocycles. The zero-order chi connectivity index (χ0) is 33.9. The molecule has 0 unspecified atom stereocenters. The molecule has 0 aliphatic carbocycles. The van der Waals surface area contributed by atoms with Crippen LogP contribution < -0.4 is 14.9 Å². The molecular formula is C27H30O19. The maximum atomic E-state index is 13.8. The molecule has 2 aliphatic rings. The quantitative estimate of drug-likeness (QED) is 0.0841. The summed E-state index contributed by atoms with van der Waals surface area (Å²) in [6, 6.07) is 4.51. The van der Waals surface area contributed by atoms with Gasteiger partial charge in [-0.15, -0.1) is 0 Å². The fourth-order valence-electron chi connectivity index (χ4n) is 5.00. The molecule has 46 heavy (non-hydrogen) atoms. The molecule has 13 N–H and O–H groups in total. The van der Waals surface area contributed by atoms with Crippen molar-refractivity contribution in [2.45, 2.75) is 60.8 Å². The minimum atomic E-state index is -3.34. The maximum absolute atomic E-state index is 13.8. The molecule has 5 rings (SSSR count). The number of rotatable bonds is 7. The molecular weight excluding hydrogens is 628 g/mol. The van der Waals surface area contributed by atoms with Gasteiger partial charge >= 0.3 is 11.9 Å². The van der Waals surface area contributed by atoms with Gasteiger partial charge in [0.1, 0.15) is 59.1 Å². The van der Waals surface area contributed by atoms with E-state index in [1.54, 1.807) is 0 Å². The number of fused-ring (bicyclic) bond motifs is 1. The Morgan fingerprint density at radius 1 is 0.696 bits per heavy atom. The smallest absolute Gasteiger partial charge is 0.355 e. The van der Waals surface area contributed by atoms with Crippen LogP contribution in [-0.4, -0.2) is 140 Å². The number of ether oxygens (including phenoxy) is 4. The van der Waals surface area contributed by atoms with Crippen LogP contribution in [0.3, 0.4) is 0 Å². The summed E-state index contributed by atoms with van der Waals surface area (Å²) < 4.78 is 26.4. The topological polar surface area (TPSA) is 330 Å². The van der Waals surface area contributed by atoms with Gasteiger partial charge in [0.05, 0.1) is 13.2 Å². The lowest BCUT2D eigenvalue weighted by Gasteiger charge is -2.44. The van der Waals surface area contributed by atoms with Crippen LogP contribution in [0.1, 0.15) is 0 Å². The Hall–Kier alpha value is -3.83. The summed E-state index contributed by atoms with van der Waals surface area (Å²) in [6.07, 6.45) is -16.2. The van der Waals surface area contributed by atoms with E-state index in [4.69, 9.17) is 23.4 Å². The third-order valence-corrected chi connectivity index (χ3v) is 7.51. The van der Waals surface area contributed by atoms with E-state index >= 15 is 0 Å². The summed E-state index contributed by atoms with van der Waals surface area (Å²) in [5.41, 5.74) is -2.11. The largest absolute Gasteiger partial charge is 0.507 e. The number of hydrogen-bond acceptors (Lipinski definition) is 19. The molecule has 0 bridgehead atoms. The van der Waals surface area contributed by atoms with Crippen LogP contribution in [0.4, 0.5) is 0 Å². The highest BCUT2D eigenvalue weighted by Gasteiger charge is 2.57. The summed E-state index contributed by atoms with van der Waals surface area (Å²) in [5.74, 6) is -11.1. The van der Waals surface area contributed by atoms with E-state index in [1.807, 2.05) is 0 Å². The van der Waals surface area contributed by atoms with E-state index in [-0.39, 0.29) is 5.56 Å². The summed E-state index contributed by atoms with van der Waals surface area (Å²) >= 11 is 0. The molecule has 2 aromatic carbocycles. The number of phenolic OH excluding ortho intramolecular Hbond substituents is 3. The second kappa shape index (κ2) is 12.1. The Balaban J connectivity index is 1.65. The van der Waals surface area contributed by atoms with Crippen LogP contribution >= 0.6 is 0 Å². The van der Waals surface area contributed by atoms with Crippen molar-refractivity contribution in [1.82, 2.24) is 0 Å². The van der Waals surface area contributed by atoms with Crippen molar-refractivity contribution >= 4 is 11.0 Å². The minimum Gasteiger partial charge on any atom is -0.507 e. The first-order valence-corrected chi connectivity index (χ1v) is 13.4. The van der Waals surface area contributed by atoms with Gasteiger partial charge in [-0.2, -0.15) is 0 Å². The van der Waals surface area contributed by atoms with E-state index < -0.39 is 125 Å². The van der Waals surface area contributed by atoms with Crippen molar-refractivity contribution in [3.8, 4) is 40.1 Å². The first-order valence-electron chi connectivity index (χ1n) is 13.4. The van der Waals surface area contributed by atoms with Crippen molar-refractivity contribution in [2.24, 2.45) is 0 Å². The molecule has 0 amide bonds. The van der Waals surface area contributed by atoms with Gasteiger partial charge in [-0.25, -0.2) is 0 Å². The highest BCUT2D eigenvalue weighted by Crippen LogP contribution is 2.42. The molecule has 2 aliphatic heterocycles. The number of aliphatic hydroxyl groups excluding tert-OH is 8. The van der Waals surface area contributed by atoms with Crippen LogP contribution in [-0.2, 0) is 9.47 Å². The SMILES string of the molecule is O=c1c(O[C@]2(O)O[C@@H](CO)[C@H](O)[C@@H](O)[C@@H]2O)c(-c2ccc(O)c(O)c2)oc2cc(O[C@]3(O)O[C@@H](CO)[C@H](O)[C@@H](O)[C@@H]3O)cc(O)c12. The molecule has 19 nitrogen and oxygen atoms in total. The Kier molecular flexibility index (Phi) is 8.80. The van der Waals surface area contributed by atoms with Crippen molar-refractivity contribution in [1.29, 1.82) is 0 Å². The Labute approximate surface area is 255 Å². The van der Waals surface area contributed by atoms with Gasteiger partial charge < -0.3 is 89.7 Å². The molecule has 252 valence electrons. The lowest BCUT2D eigenvalue weighted by molar-refractivity contribution is -0.422. The second-order valence-electron chi connectivity index (χ2n) is 10.6. The van der Waals surface area contributed by atoms with Crippen molar-refractivity contribution in [2.75, 3.05) is 13.2 Å². The summed E-state index contributed by atoms with van der Waals surface area (Å²) in [6.45, 7) is -1.93. The molecule has 2 saturated heterocycles. The predicted octanol–water partition coefficient (Wildman–Crippen LogP) is -4.43. The van der Waals surface area contributed by atoms with Gasteiger partial charge in [-0.05, 0) is 18.2 Å². The van der Waals surface area contributed by atoms with E-state index in [0.717, 1.165) is 24.3 Å². The summed E-state index contributed by atoms with van der Waals surface area (Å²) in [7, 11) is 0. The summed E-state index contributed by atoms with van der Waals surface area (Å²) in [4.78, 5) is 13.8. The van der Waals surface area contributed by atoms with Gasteiger partial charge in [0, 0.05) is 17.7 Å². The number of hydrogen-bond donors (Lipinski definition) is 13. The third kappa shape index (κ3) is 5.57. The standard InChI is InChI=1S/C27H30O19/c28-6-14-17(33)20(36)24(38)26(40,44-14)43-9-4-12(32)16-13(5-9)42-22(8-1-2-10(30)11(31)3-8)23(19(16)35)46-27(41)25(39)21(37)18(34)15(7-29)45-27/h1-5,14-15,17-18,20-21,24-25,28-34,36-41H,6-7H2/t14-,15-,17-,18-,20+,21+,24-,25-,26-,27+/m0/s1. The number of aliphatic hydroxyl groups is 10. The Morgan fingerprint density at radius 3 is 1.76 bits per heavy atom. The lowest BCUT2D eigenvalue weighted by Crippen LogP contribution is -2.67. The molecule has 2 fully saturated rings. The normalized spacial score (nSPS) is 34.8. The van der Waals surface area contributed by atoms with Crippen molar-refractivity contribution < 1.29 is 89.7 Å². The molecule has 19 heteroatoms. The maximum Gasteiger partial charge on any atom is 0.355 e. The highest BCUT2D eigenvalue weighted by molar-refractivity contribution is 5.88. The molecule has 1 aromatic heterocycles. The van der Waals surface area contributed by atoms with E-state index in [1.165, 1.54) is 0 Å². The fraction of sp³-hybridized carbons (Fsp3) is 0.444. The number of benzene rings is 2. The second-order valence-corrected chi connectivity index (χ2v) is 10.6. The monoisotopic (exact) mass is 658 g/mol. The average Bonchev–Trinajstić information content (AvgIpc) is 3.01. The zero-order valence-corrected chi connectivity index (χ0v) is 23.2. The third-order valence-electron chi connectivity index (χ3n) is 7.51. The predicted molar refractivity (Wildman–Crippen MR) is 144 cm³/mol. The molecule has 0 spiro atoms. The van der Waals surface area contributed by atoms with E-state index in [0.29, 0.717) is 6.07 Å². The average molecular weight is 659 g/mol. The van der Waals surface area contributed by atoms with Gasteiger partial charge in [-0.3, -0.25) is 4.79 Å². The number of aromatic hydroxyl groups is 3. The van der Waals surface area contributed by atoms with Crippen LogP contribution in [0.25, 0.3) is 22.3 Å². The molecule has 3 heterocycles.